The molecule has 0 fully saturated rings. The van der Waals surface area contributed by atoms with Gasteiger partial charge in [-0.15, -0.1) is 11.8 Å². The van der Waals surface area contributed by atoms with Gasteiger partial charge in [-0.1, -0.05) is 0 Å². The number of carbonyl (C=O) groups is 2. The van der Waals surface area contributed by atoms with Crippen molar-refractivity contribution in [3.63, 3.8) is 0 Å². The van der Waals surface area contributed by atoms with E-state index in [-0.39, 0.29) is 22.9 Å². The zero-order valence-electron chi connectivity index (χ0n) is 11.7. The van der Waals surface area contributed by atoms with Gasteiger partial charge in [0.1, 0.15) is 5.82 Å². The van der Waals surface area contributed by atoms with E-state index < -0.39 is 0 Å². The molecule has 1 aliphatic heterocycles. The molecule has 1 heterocycles. The molecule has 0 saturated carbocycles. The summed E-state index contributed by atoms with van der Waals surface area (Å²) < 4.78 is 12.8. The smallest absolute Gasteiger partial charge is 0.255 e. The van der Waals surface area contributed by atoms with Crippen LogP contribution in [0.15, 0.2) is 47.4 Å². The second-order valence-corrected chi connectivity index (χ2v) is 6.30. The summed E-state index contributed by atoms with van der Waals surface area (Å²) in [6, 6.07) is 10.7. The third-order valence-electron chi connectivity index (χ3n) is 3.27. The molecule has 2 aromatic carbocycles. The van der Waals surface area contributed by atoms with Gasteiger partial charge in [-0.3, -0.25) is 9.59 Å². The number of rotatable bonds is 2. The Morgan fingerprint density at radius 3 is 2.68 bits per heavy atom. The van der Waals surface area contributed by atoms with Crippen LogP contribution in [0.3, 0.4) is 0 Å². The van der Waals surface area contributed by atoms with Crippen molar-refractivity contribution in [1.82, 2.24) is 0 Å². The topological polar surface area (TPSA) is 58.2 Å². The fourth-order valence-corrected chi connectivity index (χ4v) is 3.02. The number of carbonyl (C=O) groups excluding carboxylic acids is 2. The molecule has 0 aromatic heterocycles. The maximum Gasteiger partial charge on any atom is 0.255 e. The van der Waals surface area contributed by atoms with Gasteiger partial charge in [0.25, 0.3) is 5.91 Å². The van der Waals surface area contributed by atoms with Crippen LogP contribution in [0.4, 0.5) is 15.8 Å². The Bertz CT molecular complexity index is 746. The molecule has 0 spiro atoms. The van der Waals surface area contributed by atoms with Crippen LogP contribution in [0.2, 0.25) is 0 Å². The lowest BCUT2D eigenvalue weighted by Crippen LogP contribution is -2.26. The lowest BCUT2D eigenvalue weighted by Gasteiger charge is -2.21. The first-order chi connectivity index (χ1) is 10.5. The molecule has 2 aromatic rings. The molecular weight excluding hydrogens is 303 g/mol. The Hall–Kier alpha value is -2.34. The maximum atomic E-state index is 12.8. The van der Waals surface area contributed by atoms with Crippen LogP contribution in [0.25, 0.3) is 0 Å². The van der Waals surface area contributed by atoms with E-state index in [0.717, 1.165) is 4.90 Å². The van der Waals surface area contributed by atoms with E-state index in [9.17, 15) is 14.0 Å². The number of anilines is 2. The first-order valence-electron chi connectivity index (χ1n) is 6.71. The summed E-state index contributed by atoms with van der Waals surface area (Å²) in [6.07, 6.45) is 0. The fraction of sp³-hybridized carbons (Fsp3) is 0.125. The van der Waals surface area contributed by atoms with Crippen LogP contribution in [-0.2, 0) is 4.79 Å². The van der Waals surface area contributed by atoms with Gasteiger partial charge in [0, 0.05) is 16.1 Å². The van der Waals surface area contributed by atoms with Crippen molar-refractivity contribution in [3.8, 4) is 0 Å². The summed E-state index contributed by atoms with van der Waals surface area (Å²) in [7, 11) is 0. The van der Waals surface area contributed by atoms with E-state index >= 15 is 0 Å². The summed E-state index contributed by atoms with van der Waals surface area (Å²) in [5.74, 6) is -0.749. The third-order valence-corrected chi connectivity index (χ3v) is 4.45. The number of hydrogen-bond donors (Lipinski definition) is 2. The Morgan fingerprint density at radius 1 is 1.23 bits per heavy atom. The number of fused-ring (bicyclic) bond motifs is 1. The molecule has 1 atom stereocenters. The molecule has 0 saturated heterocycles. The van der Waals surface area contributed by atoms with E-state index in [4.69, 9.17) is 0 Å². The number of amides is 2. The molecule has 112 valence electrons. The normalized spacial score (nSPS) is 16.6. The van der Waals surface area contributed by atoms with Crippen molar-refractivity contribution < 1.29 is 14.0 Å². The van der Waals surface area contributed by atoms with Crippen LogP contribution in [0.5, 0.6) is 0 Å². The van der Waals surface area contributed by atoms with Crippen molar-refractivity contribution in [2.24, 2.45) is 0 Å². The van der Waals surface area contributed by atoms with Crippen LogP contribution in [0, 0.1) is 5.82 Å². The predicted octanol–water partition coefficient (Wildman–Crippen LogP) is 3.51. The largest absolute Gasteiger partial charge is 0.324 e. The van der Waals surface area contributed by atoms with Gasteiger partial charge in [-0.25, -0.2) is 4.39 Å². The molecule has 22 heavy (non-hydrogen) atoms. The average Bonchev–Trinajstić information content (AvgIpc) is 2.50. The Balaban J connectivity index is 1.80. The van der Waals surface area contributed by atoms with Crippen molar-refractivity contribution in [3.05, 3.63) is 53.8 Å². The monoisotopic (exact) mass is 316 g/mol. The minimum Gasteiger partial charge on any atom is -0.324 e. The van der Waals surface area contributed by atoms with E-state index in [0.29, 0.717) is 16.9 Å². The molecule has 3 rings (SSSR count). The number of nitrogens with one attached hydrogen (secondary N) is 2. The van der Waals surface area contributed by atoms with Gasteiger partial charge >= 0.3 is 0 Å². The second kappa shape index (κ2) is 5.81. The highest BCUT2D eigenvalue weighted by atomic mass is 32.2. The summed E-state index contributed by atoms with van der Waals surface area (Å²) in [4.78, 5) is 24.8. The molecule has 1 aliphatic rings. The SMILES string of the molecule is C[C@@H]1Sc2ccc(C(=O)Nc3ccc(F)cc3)cc2NC1=O. The number of thioether (sulfide) groups is 1. The zero-order valence-corrected chi connectivity index (χ0v) is 12.5. The van der Waals surface area contributed by atoms with E-state index in [1.165, 1.54) is 36.0 Å². The summed E-state index contributed by atoms with van der Waals surface area (Å²) in [5.41, 5.74) is 1.58. The first-order valence-corrected chi connectivity index (χ1v) is 7.59. The Labute approximate surface area is 131 Å². The minimum atomic E-state index is -0.361. The standard InChI is InChI=1S/C16H13FN2O2S/c1-9-15(20)19-13-8-10(2-7-14(13)22-9)16(21)18-12-5-3-11(17)4-6-12/h2-9H,1H3,(H,18,21)(H,19,20)/t9-/m0/s1. The second-order valence-electron chi connectivity index (χ2n) is 4.92. The average molecular weight is 316 g/mol. The molecule has 4 nitrogen and oxygen atoms in total. The quantitative estimate of drug-likeness (QED) is 0.891. The van der Waals surface area contributed by atoms with E-state index in [1.54, 1.807) is 12.1 Å². The highest BCUT2D eigenvalue weighted by Crippen LogP contribution is 2.36. The summed E-state index contributed by atoms with van der Waals surface area (Å²) >= 11 is 1.46. The van der Waals surface area contributed by atoms with Gasteiger partial charge in [0.2, 0.25) is 5.91 Å². The molecule has 0 bridgehead atoms. The van der Waals surface area contributed by atoms with Crippen LogP contribution >= 0.6 is 11.8 Å². The van der Waals surface area contributed by atoms with Gasteiger partial charge in [-0.2, -0.15) is 0 Å². The number of halogens is 1. The molecular formula is C16H13FN2O2S. The lowest BCUT2D eigenvalue weighted by atomic mass is 10.1. The number of benzene rings is 2. The Morgan fingerprint density at radius 2 is 1.95 bits per heavy atom. The van der Waals surface area contributed by atoms with Gasteiger partial charge in [0.15, 0.2) is 0 Å². The zero-order chi connectivity index (χ0) is 15.7. The minimum absolute atomic E-state index is 0.0754. The summed E-state index contributed by atoms with van der Waals surface area (Å²) in [6.45, 7) is 1.83. The van der Waals surface area contributed by atoms with Crippen molar-refractivity contribution in [1.29, 1.82) is 0 Å². The van der Waals surface area contributed by atoms with E-state index in [2.05, 4.69) is 10.6 Å². The molecule has 6 heteroatoms. The maximum absolute atomic E-state index is 12.8. The molecule has 0 aliphatic carbocycles. The van der Waals surface area contributed by atoms with Crippen LogP contribution < -0.4 is 10.6 Å². The number of hydrogen-bond acceptors (Lipinski definition) is 3. The van der Waals surface area contributed by atoms with Gasteiger partial charge in [0.05, 0.1) is 10.9 Å². The third kappa shape index (κ3) is 2.96. The molecule has 0 unspecified atom stereocenters. The van der Waals surface area contributed by atoms with E-state index in [1.807, 2.05) is 13.0 Å². The summed E-state index contributed by atoms with van der Waals surface area (Å²) in [5, 5.41) is 5.33. The van der Waals surface area contributed by atoms with Crippen LogP contribution in [0.1, 0.15) is 17.3 Å². The molecule has 2 N–H and O–H groups in total. The van der Waals surface area contributed by atoms with Gasteiger partial charge < -0.3 is 10.6 Å². The fourth-order valence-electron chi connectivity index (χ4n) is 2.09. The highest BCUT2D eigenvalue weighted by molar-refractivity contribution is 8.00. The lowest BCUT2D eigenvalue weighted by molar-refractivity contribution is -0.115. The van der Waals surface area contributed by atoms with Crippen molar-refractivity contribution in [2.75, 3.05) is 10.6 Å². The van der Waals surface area contributed by atoms with Crippen molar-refractivity contribution >= 4 is 35.0 Å². The highest BCUT2D eigenvalue weighted by Gasteiger charge is 2.23. The van der Waals surface area contributed by atoms with Crippen LogP contribution in [-0.4, -0.2) is 17.1 Å². The molecule has 2 amide bonds. The Kier molecular flexibility index (Phi) is 3.85. The van der Waals surface area contributed by atoms with Crippen molar-refractivity contribution in [2.45, 2.75) is 17.1 Å². The first kappa shape index (κ1) is 14.6. The predicted molar refractivity (Wildman–Crippen MR) is 84.7 cm³/mol. The molecule has 0 radical (unpaired) electrons. The van der Waals surface area contributed by atoms with Gasteiger partial charge in [-0.05, 0) is 49.4 Å².